The molecular weight excluding hydrogens is 319 g/mol. The van der Waals surface area contributed by atoms with Crippen LogP contribution in [-0.2, 0) is 0 Å². The molecule has 0 unspecified atom stereocenters. The molecule has 0 aliphatic heterocycles. The first-order chi connectivity index (χ1) is 9.63. The van der Waals surface area contributed by atoms with Gasteiger partial charge in [-0.3, -0.25) is 4.98 Å². The number of halogens is 2. The Labute approximate surface area is 124 Å². The maximum atomic E-state index is 13.0. The molecule has 0 saturated heterocycles. The van der Waals surface area contributed by atoms with Gasteiger partial charge in [-0.25, -0.2) is 4.39 Å². The van der Waals surface area contributed by atoms with E-state index in [2.05, 4.69) is 26.2 Å². The van der Waals surface area contributed by atoms with Gasteiger partial charge < -0.3 is 5.32 Å². The number of aryl methyl sites for hydroxylation is 1. The van der Waals surface area contributed by atoms with Crippen molar-refractivity contribution in [2.45, 2.75) is 6.92 Å². The maximum Gasteiger partial charge on any atom is 0.123 e. The number of hydrogen-bond acceptors (Lipinski definition) is 2. The third kappa shape index (κ3) is 2.51. The van der Waals surface area contributed by atoms with E-state index >= 15 is 0 Å². The van der Waals surface area contributed by atoms with Crippen LogP contribution < -0.4 is 5.32 Å². The summed E-state index contributed by atoms with van der Waals surface area (Å²) in [4.78, 5) is 4.54. The van der Waals surface area contributed by atoms with Crippen LogP contribution in [0.4, 0.5) is 15.8 Å². The molecule has 1 N–H and O–H groups in total. The lowest BCUT2D eigenvalue weighted by molar-refractivity contribution is 0.628. The van der Waals surface area contributed by atoms with Gasteiger partial charge in [0.05, 0.1) is 5.52 Å². The van der Waals surface area contributed by atoms with Crippen LogP contribution in [0.5, 0.6) is 0 Å². The first kappa shape index (κ1) is 13.1. The Hall–Kier alpha value is -1.94. The van der Waals surface area contributed by atoms with Crippen molar-refractivity contribution in [2.75, 3.05) is 5.32 Å². The molecule has 0 fully saturated rings. The molecule has 1 aromatic heterocycles. The summed E-state index contributed by atoms with van der Waals surface area (Å²) in [6.07, 6.45) is 0. The Bertz CT molecular complexity index is 769. The van der Waals surface area contributed by atoms with Crippen LogP contribution in [0.15, 0.2) is 53.0 Å². The van der Waals surface area contributed by atoms with Crippen LogP contribution in [-0.4, -0.2) is 4.98 Å². The Morgan fingerprint density at radius 1 is 1.10 bits per heavy atom. The lowest BCUT2D eigenvalue weighted by Crippen LogP contribution is -1.95. The van der Waals surface area contributed by atoms with E-state index in [1.54, 1.807) is 12.1 Å². The number of rotatable bonds is 2. The first-order valence-electron chi connectivity index (χ1n) is 6.22. The zero-order valence-corrected chi connectivity index (χ0v) is 12.4. The highest BCUT2D eigenvalue weighted by Crippen LogP contribution is 2.30. The normalized spacial score (nSPS) is 10.8. The number of aromatic nitrogens is 1. The van der Waals surface area contributed by atoms with Gasteiger partial charge in [0.1, 0.15) is 5.82 Å². The zero-order valence-electron chi connectivity index (χ0n) is 10.8. The van der Waals surface area contributed by atoms with E-state index in [1.807, 2.05) is 31.2 Å². The fourth-order valence-corrected chi connectivity index (χ4v) is 2.59. The lowest BCUT2D eigenvalue weighted by Gasteiger charge is -2.11. The number of nitrogens with one attached hydrogen (secondary N) is 1. The molecular formula is C16H12BrFN2. The standard InChI is InChI=1S/C16H12BrFN2/c1-10-9-15(20-12-7-5-11(18)6-8-12)13-3-2-4-14(17)16(13)19-10/h2-9H,1H3,(H,19,20). The van der Waals surface area contributed by atoms with E-state index < -0.39 is 0 Å². The maximum absolute atomic E-state index is 13.0. The van der Waals surface area contributed by atoms with Crippen molar-refractivity contribution in [1.29, 1.82) is 0 Å². The number of para-hydroxylation sites is 1. The minimum absolute atomic E-state index is 0.242. The summed E-state index contributed by atoms with van der Waals surface area (Å²) in [5.74, 6) is -0.242. The Morgan fingerprint density at radius 3 is 2.60 bits per heavy atom. The third-order valence-electron chi connectivity index (χ3n) is 3.04. The molecule has 0 aliphatic rings. The summed E-state index contributed by atoms with van der Waals surface area (Å²) in [5, 5.41) is 4.34. The predicted molar refractivity (Wildman–Crippen MR) is 83.9 cm³/mol. The van der Waals surface area contributed by atoms with Gasteiger partial charge in [-0.05, 0) is 59.3 Å². The van der Waals surface area contributed by atoms with Gasteiger partial charge in [0.15, 0.2) is 0 Å². The predicted octanol–water partition coefficient (Wildman–Crippen LogP) is 5.19. The topological polar surface area (TPSA) is 24.9 Å². The second-order valence-corrected chi connectivity index (χ2v) is 5.43. The van der Waals surface area contributed by atoms with Gasteiger partial charge in [0.2, 0.25) is 0 Å². The highest BCUT2D eigenvalue weighted by molar-refractivity contribution is 9.10. The molecule has 100 valence electrons. The van der Waals surface area contributed by atoms with Crippen molar-refractivity contribution >= 4 is 38.2 Å². The van der Waals surface area contributed by atoms with Crippen LogP contribution in [0.1, 0.15) is 5.69 Å². The summed E-state index contributed by atoms with van der Waals surface area (Å²) < 4.78 is 13.9. The number of hydrogen-bond donors (Lipinski definition) is 1. The Balaban J connectivity index is 2.11. The van der Waals surface area contributed by atoms with E-state index in [4.69, 9.17) is 0 Å². The van der Waals surface area contributed by atoms with Crippen LogP contribution in [0.2, 0.25) is 0 Å². The molecule has 20 heavy (non-hydrogen) atoms. The molecule has 0 amide bonds. The summed E-state index contributed by atoms with van der Waals surface area (Å²) >= 11 is 3.52. The van der Waals surface area contributed by atoms with Crippen LogP contribution in [0, 0.1) is 12.7 Å². The van der Waals surface area contributed by atoms with E-state index in [0.29, 0.717) is 0 Å². The highest BCUT2D eigenvalue weighted by Gasteiger charge is 2.07. The van der Waals surface area contributed by atoms with E-state index in [-0.39, 0.29) is 5.82 Å². The summed E-state index contributed by atoms with van der Waals surface area (Å²) in [6.45, 7) is 1.95. The summed E-state index contributed by atoms with van der Waals surface area (Å²) in [5.41, 5.74) is 3.64. The molecule has 2 aromatic carbocycles. The van der Waals surface area contributed by atoms with Crippen molar-refractivity contribution in [3.8, 4) is 0 Å². The minimum atomic E-state index is -0.242. The van der Waals surface area contributed by atoms with Crippen molar-refractivity contribution in [3.63, 3.8) is 0 Å². The van der Waals surface area contributed by atoms with Gasteiger partial charge in [0.25, 0.3) is 0 Å². The van der Waals surface area contributed by atoms with E-state index in [9.17, 15) is 4.39 Å². The van der Waals surface area contributed by atoms with Gasteiger partial charge in [0, 0.05) is 26.9 Å². The molecule has 0 atom stereocenters. The van der Waals surface area contributed by atoms with Crippen LogP contribution >= 0.6 is 15.9 Å². The van der Waals surface area contributed by atoms with Gasteiger partial charge in [-0.15, -0.1) is 0 Å². The fraction of sp³-hybridized carbons (Fsp3) is 0.0625. The quantitative estimate of drug-likeness (QED) is 0.699. The molecule has 0 radical (unpaired) electrons. The van der Waals surface area contributed by atoms with Crippen molar-refractivity contribution in [3.05, 3.63) is 64.5 Å². The minimum Gasteiger partial charge on any atom is -0.355 e. The fourth-order valence-electron chi connectivity index (χ4n) is 2.13. The molecule has 0 bridgehead atoms. The van der Waals surface area contributed by atoms with Gasteiger partial charge in [-0.2, -0.15) is 0 Å². The molecule has 0 spiro atoms. The summed E-state index contributed by atoms with van der Waals surface area (Å²) in [6, 6.07) is 14.2. The monoisotopic (exact) mass is 330 g/mol. The average molecular weight is 331 g/mol. The third-order valence-corrected chi connectivity index (χ3v) is 3.68. The molecule has 1 heterocycles. The van der Waals surface area contributed by atoms with E-state index in [1.165, 1.54) is 12.1 Å². The van der Waals surface area contributed by atoms with E-state index in [0.717, 1.165) is 32.4 Å². The first-order valence-corrected chi connectivity index (χ1v) is 7.01. The average Bonchev–Trinajstić information content (AvgIpc) is 2.42. The van der Waals surface area contributed by atoms with Crippen molar-refractivity contribution < 1.29 is 4.39 Å². The van der Waals surface area contributed by atoms with Crippen molar-refractivity contribution in [1.82, 2.24) is 4.98 Å². The number of pyridine rings is 1. The van der Waals surface area contributed by atoms with Crippen LogP contribution in [0.3, 0.4) is 0 Å². The largest absolute Gasteiger partial charge is 0.355 e. The molecule has 3 aromatic rings. The second kappa shape index (κ2) is 5.21. The number of anilines is 2. The Morgan fingerprint density at radius 2 is 1.85 bits per heavy atom. The molecule has 4 heteroatoms. The SMILES string of the molecule is Cc1cc(Nc2ccc(F)cc2)c2cccc(Br)c2n1. The number of nitrogens with zero attached hydrogens (tertiary/aromatic N) is 1. The molecule has 0 aliphatic carbocycles. The molecule has 3 rings (SSSR count). The zero-order chi connectivity index (χ0) is 14.1. The number of fused-ring (bicyclic) bond motifs is 1. The number of benzene rings is 2. The van der Waals surface area contributed by atoms with Crippen molar-refractivity contribution in [2.24, 2.45) is 0 Å². The van der Waals surface area contributed by atoms with Gasteiger partial charge in [-0.1, -0.05) is 12.1 Å². The smallest absolute Gasteiger partial charge is 0.123 e. The Kier molecular flexibility index (Phi) is 3.40. The molecule has 0 saturated carbocycles. The second-order valence-electron chi connectivity index (χ2n) is 4.58. The lowest BCUT2D eigenvalue weighted by atomic mass is 10.1. The molecule has 2 nitrogen and oxygen atoms in total. The van der Waals surface area contributed by atoms with Crippen LogP contribution in [0.25, 0.3) is 10.9 Å². The highest BCUT2D eigenvalue weighted by atomic mass is 79.9. The van der Waals surface area contributed by atoms with Gasteiger partial charge >= 0.3 is 0 Å². The summed E-state index contributed by atoms with van der Waals surface area (Å²) in [7, 11) is 0.